The topological polar surface area (TPSA) is 54.3 Å². The first kappa shape index (κ1) is 20.3. The van der Waals surface area contributed by atoms with Gasteiger partial charge in [-0.3, -0.25) is 4.79 Å². The molecule has 1 fully saturated rings. The molecule has 1 aliphatic heterocycles. The van der Waals surface area contributed by atoms with Crippen LogP contribution in [0, 0.1) is 6.92 Å². The van der Waals surface area contributed by atoms with Crippen molar-refractivity contribution < 1.29 is 4.79 Å². The molecule has 0 aliphatic carbocycles. The van der Waals surface area contributed by atoms with E-state index in [0.717, 1.165) is 49.4 Å². The zero-order valence-corrected chi connectivity index (χ0v) is 18.0. The Labute approximate surface area is 178 Å². The van der Waals surface area contributed by atoms with Crippen LogP contribution in [0.15, 0.2) is 54.6 Å². The molecule has 0 spiro atoms. The van der Waals surface area contributed by atoms with Gasteiger partial charge >= 0.3 is 0 Å². The fourth-order valence-electron chi connectivity index (χ4n) is 3.98. The Bertz CT molecular complexity index is 1010. The van der Waals surface area contributed by atoms with Crippen LogP contribution in [0.4, 0.5) is 0 Å². The fourth-order valence-corrected chi connectivity index (χ4v) is 3.98. The maximum Gasteiger partial charge on any atom is 0.293 e. The summed E-state index contributed by atoms with van der Waals surface area (Å²) in [6.07, 6.45) is 2.56. The molecule has 30 heavy (non-hydrogen) atoms. The quantitative estimate of drug-likeness (QED) is 0.635. The minimum Gasteiger partial charge on any atom is -0.334 e. The van der Waals surface area contributed by atoms with E-state index < -0.39 is 0 Å². The Balaban J connectivity index is 1.62. The molecule has 1 amide bonds. The smallest absolute Gasteiger partial charge is 0.293 e. The van der Waals surface area contributed by atoms with E-state index in [2.05, 4.69) is 49.2 Å². The lowest BCUT2D eigenvalue weighted by Gasteiger charge is -2.19. The molecule has 2 aromatic carbocycles. The molecule has 0 bridgehead atoms. The van der Waals surface area contributed by atoms with Gasteiger partial charge in [0.2, 0.25) is 5.82 Å². The summed E-state index contributed by atoms with van der Waals surface area (Å²) in [4.78, 5) is 21.9. The predicted molar refractivity (Wildman–Crippen MR) is 118 cm³/mol. The Hall–Kier alpha value is -2.99. The molecule has 6 nitrogen and oxygen atoms in total. The van der Waals surface area contributed by atoms with Crippen LogP contribution in [0.3, 0.4) is 0 Å². The first-order valence-corrected chi connectivity index (χ1v) is 10.5. The minimum atomic E-state index is -0.0763. The van der Waals surface area contributed by atoms with Crippen LogP contribution in [0.5, 0.6) is 0 Å². The molecule has 156 valence electrons. The number of likely N-dealkylation sites (tertiary alicyclic amines) is 1. The van der Waals surface area contributed by atoms with Gasteiger partial charge in [0.1, 0.15) is 5.82 Å². The van der Waals surface area contributed by atoms with Gasteiger partial charge in [0.15, 0.2) is 0 Å². The maximum absolute atomic E-state index is 13.1. The van der Waals surface area contributed by atoms with Crippen molar-refractivity contribution in [3.8, 4) is 5.69 Å². The summed E-state index contributed by atoms with van der Waals surface area (Å²) < 4.78 is 1.85. The first-order chi connectivity index (χ1) is 14.5. The van der Waals surface area contributed by atoms with Gasteiger partial charge in [0.05, 0.1) is 5.69 Å². The van der Waals surface area contributed by atoms with Gasteiger partial charge in [-0.2, -0.15) is 0 Å². The summed E-state index contributed by atoms with van der Waals surface area (Å²) in [6.45, 7) is 3.53. The standard InChI is InChI=1S/C24H29N5O/c1-18-9-7-8-12-21(18)29-22(14-13-19-10-5-4-6-11-19)25-23(26-29)24(30)28-16-15-20(17-28)27(2)3/h4-12,20H,13-17H2,1-3H3. The number of aromatic nitrogens is 3. The van der Waals surface area contributed by atoms with Gasteiger partial charge in [-0.1, -0.05) is 48.5 Å². The molecule has 1 aliphatic rings. The maximum atomic E-state index is 13.1. The molecular weight excluding hydrogens is 374 g/mol. The van der Waals surface area contributed by atoms with Crippen molar-refractivity contribution in [2.24, 2.45) is 0 Å². The molecule has 0 N–H and O–H groups in total. The van der Waals surface area contributed by atoms with Gasteiger partial charge in [-0.25, -0.2) is 9.67 Å². The highest BCUT2D eigenvalue weighted by Gasteiger charge is 2.30. The molecule has 0 radical (unpaired) electrons. The molecule has 2 heterocycles. The highest BCUT2D eigenvalue weighted by Crippen LogP contribution is 2.19. The molecule has 1 unspecified atom stereocenters. The largest absolute Gasteiger partial charge is 0.334 e. The second-order valence-electron chi connectivity index (χ2n) is 8.19. The zero-order chi connectivity index (χ0) is 21.1. The minimum absolute atomic E-state index is 0.0763. The van der Waals surface area contributed by atoms with E-state index in [-0.39, 0.29) is 5.91 Å². The van der Waals surface area contributed by atoms with Crippen molar-refractivity contribution in [3.05, 3.63) is 77.4 Å². The van der Waals surface area contributed by atoms with Crippen molar-refractivity contribution in [2.45, 2.75) is 32.2 Å². The number of hydrogen-bond donors (Lipinski definition) is 0. The average Bonchev–Trinajstić information content (AvgIpc) is 3.41. The zero-order valence-electron chi connectivity index (χ0n) is 18.0. The molecular formula is C24H29N5O. The Morgan fingerprint density at radius 2 is 1.80 bits per heavy atom. The van der Waals surface area contributed by atoms with E-state index in [1.807, 2.05) is 46.0 Å². The third-order valence-electron chi connectivity index (χ3n) is 5.87. The normalized spacial score (nSPS) is 16.4. The van der Waals surface area contributed by atoms with Crippen molar-refractivity contribution >= 4 is 5.91 Å². The second kappa shape index (κ2) is 8.79. The number of rotatable bonds is 6. The monoisotopic (exact) mass is 403 g/mol. The van der Waals surface area contributed by atoms with E-state index in [9.17, 15) is 4.79 Å². The fraction of sp³-hybridized carbons (Fsp3) is 0.375. The molecule has 4 rings (SSSR count). The number of likely N-dealkylation sites (N-methyl/N-ethyl adjacent to an activating group) is 1. The average molecular weight is 404 g/mol. The molecule has 1 aromatic heterocycles. The van der Waals surface area contributed by atoms with Crippen LogP contribution in [-0.2, 0) is 12.8 Å². The Morgan fingerprint density at radius 3 is 2.50 bits per heavy atom. The van der Waals surface area contributed by atoms with E-state index >= 15 is 0 Å². The lowest BCUT2D eigenvalue weighted by molar-refractivity contribution is 0.0771. The van der Waals surface area contributed by atoms with Crippen LogP contribution in [-0.4, -0.2) is 63.7 Å². The van der Waals surface area contributed by atoms with Gasteiger partial charge in [-0.05, 0) is 51.1 Å². The van der Waals surface area contributed by atoms with Gasteiger partial charge in [0.25, 0.3) is 5.91 Å². The second-order valence-corrected chi connectivity index (χ2v) is 8.19. The molecule has 1 atom stereocenters. The number of benzene rings is 2. The number of nitrogens with zero attached hydrogens (tertiary/aromatic N) is 5. The van der Waals surface area contributed by atoms with E-state index in [1.54, 1.807) is 0 Å². The predicted octanol–water partition coefficient (Wildman–Crippen LogP) is 3.14. The molecule has 3 aromatic rings. The van der Waals surface area contributed by atoms with Crippen molar-refractivity contribution in [2.75, 3.05) is 27.2 Å². The van der Waals surface area contributed by atoms with E-state index in [4.69, 9.17) is 4.98 Å². The van der Waals surface area contributed by atoms with E-state index in [0.29, 0.717) is 11.9 Å². The highest BCUT2D eigenvalue weighted by molar-refractivity contribution is 5.90. The lowest BCUT2D eigenvalue weighted by atomic mass is 10.1. The Morgan fingerprint density at radius 1 is 1.07 bits per heavy atom. The third kappa shape index (κ3) is 4.28. The number of amides is 1. The SMILES string of the molecule is Cc1ccccc1-n1nc(C(=O)N2CCC(N(C)C)C2)nc1CCc1ccccc1. The van der Waals surface area contributed by atoms with Gasteiger partial charge in [0, 0.05) is 25.6 Å². The van der Waals surface area contributed by atoms with E-state index in [1.165, 1.54) is 5.56 Å². The first-order valence-electron chi connectivity index (χ1n) is 10.5. The van der Waals surface area contributed by atoms with Crippen molar-refractivity contribution in [1.29, 1.82) is 0 Å². The van der Waals surface area contributed by atoms with Crippen LogP contribution in [0.1, 0.15) is 34.0 Å². The van der Waals surface area contributed by atoms with Gasteiger partial charge < -0.3 is 9.80 Å². The molecule has 6 heteroatoms. The van der Waals surface area contributed by atoms with Crippen LogP contribution in [0.2, 0.25) is 0 Å². The van der Waals surface area contributed by atoms with Crippen molar-refractivity contribution in [1.82, 2.24) is 24.6 Å². The van der Waals surface area contributed by atoms with Crippen LogP contribution in [0.25, 0.3) is 5.69 Å². The summed E-state index contributed by atoms with van der Waals surface area (Å²) in [5.74, 6) is 1.04. The van der Waals surface area contributed by atoms with Crippen LogP contribution < -0.4 is 0 Å². The summed E-state index contributed by atoms with van der Waals surface area (Å²) in [6, 6.07) is 18.8. The summed E-state index contributed by atoms with van der Waals surface area (Å²) >= 11 is 0. The number of hydrogen-bond acceptors (Lipinski definition) is 4. The number of aryl methyl sites for hydroxylation is 3. The lowest BCUT2D eigenvalue weighted by Crippen LogP contribution is -2.35. The van der Waals surface area contributed by atoms with Gasteiger partial charge in [-0.15, -0.1) is 5.10 Å². The van der Waals surface area contributed by atoms with Crippen molar-refractivity contribution in [3.63, 3.8) is 0 Å². The summed E-state index contributed by atoms with van der Waals surface area (Å²) in [7, 11) is 4.12. The molecule has 1 saturated heterocycles. The highest BCUT2D eigenvalue weighted by atomic mass is 16.2. The summed E-state index contributed by atoms with van der Waals surface area (Å²) in [5, 5.41) is 4.67. The Kier molecular flexibility index (Phi) is 5.95. The summed E-state index contributed by atoms with van der Waals surface area (Å²) in [5.41, 5.74) is 3.33. The van der Waals surface area contributed by atoms with Crippen LogP contribution >= 0.6 is 0 Å². The molecule has 0 saturated carbocycles. The number of carbonyl (C=O) groups excluding carboxylic acids is 1. The number of para-hydroxylation sites is 1. The number of carbonyl (C=O) groups is 1. The third-order valence-corrected chi connectivity index (χ3v) is 5.87.